The number of nitrogens with zero attached hydrogens (tertiary/aromatic N) is 2. The Morgan fingerprint density at radius 1 is 1.03 bits per heavy atom. The van der Waals surface area contributed by atoms with E-state index in [4.69, 9.17) is 11.6 Å². The van der Waals surface area contributed by atoms with Gasteiger partial charge in [-0.05, 0) is 54.6 Å². The van der Waals surface area contributed by atoms with Gasteiger partial charge in [-0.15, -0.1) is 11.8 Å². The van der Waals surface area contributed by atoms with E-state index >= 15 is 0 Å². The maximum absolute atomic E-state index is 12.9. The summed E-state index contributed by atoms with van der Waals surface area (Å²) >= 11 is 7.04. The molecule has 0 aromatic heterocycles. The number of methoxy groups -OCH3 is 1. The van der Waals surface area contributed by atoms with E-state index in [2.05, 4.69) is 15.0 Å². The van der Waals surface area contributed by atoms with Gasteiger partial charge < -0.3 is 15.0 Å². The van der Waals surface area contributed by atoms with Crippen LogP contribution in [0, 0.1) is 0 Å². The lowest BCUT2D eigenvalue weighted by molar-refractivity contribution is -0.142. The summed E-state index contributed by atoms with van der Waals surface area (Å²) in [7, 11) is 1.25. The topological polar surface area (TPSA) is 78.9 Å². The third kappa shape index (κ3) is 6.96. The van der Waals surface area contributed by atoms with Crippen LogP contribution in [0.4, 0.5) is 5.69 Å². The molecule has 0 radical (unpaired) electrons. The van der Waals surface area contributed by atoms with E-state index in [1.54, 1.807) is 30.5 Å². The minimum Gasteiger partial charge on any atom is -0.468 e. The molecule has 176 valence electrons. The predicted octanol–water partition coefficient (Wildman–Crippen LogP) is 3.18. The molecular weight excluding hydrogens is 462 g/mol. The summed E-state index contributed by atoms with van der Waals surface area (Å²) in [4.78, 5) is 41.1. The van der Waals surface area contributed by atoms with Crippen LogP contribution in [0.1, 0.15) is 15.9 Å². The first-order chi connectivity index (χ1) is 15.9. The molecule has 7 nitrogen and oxygen atoms in total. The zero-order chi connectivity index (χ0) is 23.8. The second kappa shape index (κ2) is 12.1. The number of hydrogen-bond acceptors (Lipinski definition) is 6. The molecule has 1 heterocycles. The highest BCUT2D eigenvalue weighted by Crippen LogP contribution is 2.17. The van der Waals surface area contributed by atoms with Gasteiger partial charge in [-0.3, -0.25) is 19.3 Å². The van der Waals surface area contributed by atoms with Gasteiger partial charge in [0, 0.05) is 49.0 Å². The van der Waals surface area contributed by atoms with Crippen LogP contribution in [0.2, 0.25) is 5.02 Å². The Morgan fingerprint density at radius 2 is 1.67 bits per heavy atom. The van der Waals surface area contributed by atoms with Gasteiger partial charge >= 0.3 is 5.97 Å². The van der Waals surface area contributed by atoms with E-state index in [0.717, 1.165) is 42.8 Å². The zero-order valence-corrected chi connectivity index (χ0v) is 20.3. The first-order valence-corrected chi connectivity index (χ1v) is 12.4. The summed E-state index contributed by atoms with van der Waals surface area (Å²) in [5, 5.41) is 2.50. The van der Waals surface area contributed by atoms with Crippen molar-refractivity contribution in [3.05, 3.63) is 64.7 Å². The van der Waals surface area contributed by atoms with Crippen LogP contribution >= 0.6 is 23.4 Å². The summed E-state index contributed by atoms with van der Waals surface area (Å²) in [6.45, 7) is 3.95. The summed E-state index contributed by atoms with van der Waals surface area (Å²) < 4.78 is 4.65. The molecule has 2 amide bonds. The fraction of sp³-hybridized carbons (Fsp3) is 0.375. The monoisotopic (exact) mass is 489 g/mol. The molecule has 1 saturated heterocycles. The number of hydrogen-bond donors (Lipinski definition) is 1. The lowest BCUT2D eigenvalue weighted by Crippen LogP contribution is -2.49. The van der Waals surface area contributed by atoms with Gasteiger partial charge in [0.2, 0.25) is 5.91 Å². The van der Waals surface area contributed by atoms with E-state index in [1.165, 1.54) is 12.7 Å². The van der Waals surface area contributed by atoms with Gasteiger partial charge in [-0.2, -0.15) is 0 Å². The summed E-state index contributed by atoms with van der Waals surface area (Å²) in [5.41, 5.74) is 2.34. The number of carbonyl (C=O) groups is 3. The Bertz CT molecular complexity index is 961. The van der Waals surface area contributed by atoms with E-state index in [9.17, 15) is 14.4 Å². The summed E-state index contributed by atoms with van der Waals surface area (Å²) in [5.74, 6) is -1.08. The average Bonchev–Trinajstić information content (AvgIpc) is 2.84. The molecule has 1 N–H and O–H groups in total. The smallest absolute Gasteiger partial charge is 0.328 e. The number of nitrogens with one attached hydrogen (secondary N) is 1. The standard InChI is InChI=1S/C24H28ClN3O4S/c1-32-24(31)21(33-2)22(29)26-20-9-5-18(6-10-20)23(30)28-15-13-27(14-16-28)12-11-17-3-7-19(25)8-4-17/h3-10,21H,11-16H2,1-2H3,(H,26,29). The SMILES string of the molecule is COC(=O)C(SC)C(=O)Nc1ccc(C(=O)N2CCN(CCc3ccc(Cl)cc3)CC2)cc1. The molecule has 0 spiro atoms. The third-order valence-corrected chi connectivity index (χ3v) is 6.71. The highest BCUT2D eigenvalue weighted by molar-refractivity contribution is 8.00. The second-order valence-electron chi connectivity index (χ2n) is 7.72. The van der Waals surface area contributed by atoms with Crippen molar-refractivity contribution >= 4 is 46.8 Å². The van der Waals surface area contributed by atoms with Crippen molar-refractivity contribution in [3.8, 4) is 0 Å². The number of carbonyl (C=O) groups excluding carboxylic acids is 3. The van der Waals surface area contributed by atoms with Crippen molar-refractivity contribution in [1.29, 1.82) is 0 Å². The molecule has 9 heteroatoms. The van der Waals surface area contributed by atoms with Gasteiger partial charge in [0.1, 0.15) is 0 Å². The predicted molar refractivity (Wildman–Crippen MR) is 132 cm³/mol. The van der Waals surface area contributed by atoms with Crippen molar-refractivity contribution in [2.45, 2.75) is 11.7 Å². The number of anilines is 1. The zero-order valence-electron chi connectivity index (χ0n) is 18.8. The van der Waals surface area contributed by atoms with Crippen molar-refractivity contribution in [2.24, 2.45) is 0 Å². The lowest BCUT2D eigenvalue weighted by atomic mass is 10.1. The molecule has 2 aromatic carbocycles. The molecule has 2 aromatic rings. The molecular formula is C24H28ClN3O4S. The average molecular weight is 490 g/mol. The minimum absolute atomic E-state index is 0.0261. The molecule has 0 bridgehead atoms. The molecule has 1 unspecified atom stereocenters. The highest BCUT2D eigenvalue weighted by Gasteiger charge is 2.27. The molecule has 1 aliphatic rings. The fourth-order valence-electron chi connectivity index (χ4n) is 3.62. The Balaban J connectivity index is 1.48. The van der Waals surface area contributed by atoms with Gasteiger partial charge in [0.05, 0.1) is 7.11 Å². The highest BCUT2D eigenvalue weighted by atomic mass is 35.5. The van der Waals surface area contributed by atoms with Crippen molar-refractivity contribution in [1.82, 2.24) is 9.80 Å². The Morgan fingerprint density at radius 3 is 2.24 bits per heavy atom. The van der Waals surface area contributed by atoms with Crippen LogP contribution < -0.4 is 5.32 Å². The summed E-state index contributed by atoms with van der Waals surface area (Å²) in [6.07, 6.45) is 2.62. The number of ether oxygens (including phenoxy) is 1. The molecule has 1 aliphatic heterocycles. The molecule has 0 saturated carbocycles. The molecule has 1 fully saturated rings. The van der Waals surface area contributed by atoms with Gasteiger partial charge in [0.25, 0.3) is 5.91 Å². The molecule has 33 heavy (non-hydrogen) atoms. The number of piperazine rings is 1. The third-order valence-electron chi connectivity index (χ3n) is 5.58. The van der Waals surface area contributed by atoms with Crippen molar-refractivity contribution in [2.75, 3.05) is 51.4 Å². The van der Waals surface area contributed by atoms with E-state index in [1.807, 2.05) is 29.2 Å². The largest absolute Gasteiger partial charge is 0.468 e. The van der Waals surface area contributed by atoms with Gasteiger partial charge in [-0.25, -0.2) is 0 Å². The van der Waals surface area contributed by atoms with Crippen LogP contribution in [0.3, 0.4) is 0 Å². The number of thioether (sulfide) groups is 1. The normalized spacial score (nSPS) is 15.1. The first kappa shape index (κ1) is 25.1. The second-order valence-corrected chi connectivity index (χ2v) is 9.10. The minimum atomic E-state index is -0.938. The number of esters is 1. The van der Waals surface area contributed by atoms with Crippen LogP contribution in [-0.2, 0) is 20.7 Å². The van der Waals surface area contributed by atoms with Crippen LogP contribution in [0.5, 0.6) is 0 Å². The van der Waals surface area contributed by atoms with Crippen molar-refractivity contribution < 1.29 is 19.1 Å². The van der Waals surface area contributed by atoms with Crippen LogP contribution in [-0.4, -0.2) is 78.9 Å². The number of rotatable bonds is 8. The molecule has 3 rings (SSSR count). The number of amides is 2. The Hall–Kier alpha value is -2.55. The molecule has 0 aliphatic carbocycles. The summed E-state index contributed by atoms with van der Waals surface area (Å²) in [6, 6.07) is 14.6. The first-order valence-electron chi connectivity index (χ1n) is 10.7. The number of halogens is 1. The van der Waals surface area contributed by atoms with Gasteiger partial charge in [-0.1, -0.05) is 23.7 Å². The fourth-order valence-corrected chi connectivity index (χ4v) is 4.30. The van der Waals surface area contributed by atoms with Crippen molar-refractivity contribution in [3.63, 3.8) is 0 Å². The van der Waals surface area contributed by atoms with E-state index in [-0.39, 0.29) is 5.91 Å². The lowest BCUT2D eigenvalue weighted by Gasteiger charge is -2.34. The quantitative estimate of drug-likeness (QED) is 0.453. The Labute approximate surface area is 203 Å². The maximum Gasteiger partial charge on any atom is 0.328 e. The molecule has 1 atom stereocenters. The maximum atomic E-state index is 12.9. The Kier molecular flexibility index (Phi) is 9.17. The van der Waals surface area contributed by atoms with Crippen LogP contribution in [0.25, 0.3) is 0 Å². The van der Waals surface area contributed by atoms with E-state index in [0.29, 0.717) is 24.3 Å². The van der Waals surface area contributed by atoms with E-state index < -0.39 is 17.1 Å². The van der Waals surface area contributed by atoms with Crippen LogP contribution in [0.15, 0.2) is 48.5 Å². The number of benzene rings is 2. The van der Waals surface area contributed by atoms with Gasteiger partial charge in [0.15, 0.2) is 5.25 Å².